The number of methoxy groups -OCH3 is 1. The number of aromatic amines is 1. The average molecular weight is 334 g/mol. The summed E-state index contributed by atoms with van der Waals surface area (Å²) in [5.74, 6) is 1.39. The number of hydrogen-bond acceptors (Lipinski definition) is 4. The molecule has 1 aliphatic carbocycles. The summed E-state index contributed by atoms with van der Waals surface area (Å²) in [5, 5.41) is 0. The zero-order valence-corrected chi connectivity index (χ0v) is 13.9. The van der Waals surface area contributed by atoms with Crippen LogP contribution in [0.3, 0.4) is 0 Å². The lowest BCUT2D eigenvalue weighted by atomic mass is 10.1. The van der Waals surface area contributed by atoms with Gasteiger partial charge >= 0.3 is 5.69 Å². The molecule has 3 aromatic rings. The second-order valence-corrected chi connectivity index (χ2v) is 6.09. The van der Waals surface area contributed by atoms with Crippen molar-refractivity contribution < 1.29 is 9.47 Å². The van der Waals surface area contributed by atoms with Crippen LogP contribution in [0.1, 0.15) is 11.1 Å². The molecule has 1 N–H and O–H groups in total. The van der Waals surface area contributed by atoms with Gasteiger partial charge in [0.15, 0.2) is 11.5 Å². The number of hydrogen-bond donors (Lipinski definition) is 1. The van der Waals surface area contributed by atoms with E-state index in [1.54, 1.807) is 19.5 Å². The summed E-state index contributed by atoms with van der Waals surface area (Å²) < 4.78 is 11.7. The van der Waals surface area contributed by atoms with Crippen molar-refractivity contribution in [3.05, 3.63) is 76.5 Å². The topological polar surface area (TPSA) is 64.2 Å². The SMILES string of the molecule is COc1ccc(-c2cnc(=O)[nH]c2)cc1OC1Cc2ccccc2C1. The quantitative estimate of drug-likeness (QED) is 0.797. The zero-order chi connectivity index (χ0) is 17.2. The van der Waals surface area contributed by atoms with Crippen molar-refractivity contribution in [3.63, 3.8) is 0 Å². The predicted octanol–water partition coefficient (Wildman–Crippen LogP) is 2.99. The average Bonchev–Trinajstić information content (AvgIpc) is 3.04. The van der Waals surface area contributed by atoms with E-state index < -0.39 is 0 Å². The van der Waals surface area contributed by atoms with E-state index in [2.05, 4.69) is 34.2 Å². The van der Waals surface area contributed by atoms with Gasteiger partial charge < -0.3 is 14.5 Å². The number of fused-ring (bicyclic) bond motifs is 1. The van der Waals surface area contributed by atoms with E-state index in [1.165, 1.54) is 11.1 Å². The van der Waals surface area contributed by atoms with Crippen LogP contribution in [0, 0.1) is 0 Å². The zero-order valence-electron chi connectivity index (χ0n) is 13.9. The molecule has 0 amide bonds. The molecule has 25 heavy (non-hydrogen) atoms. The predicted molar refractivity (Wildman–Crippen MR) is 95.1 cm³/mol. The van der Waals surface area contributed by atoms with Crippen molar-refractivity contribution in [2.75, 3.05) is 7.11 Å². The lowest BCUT2D eigenvalue weighted by Gasteiger charge is -2.17. The molecule has 1 aliphatic rings. The first-order valence-electron chi connectivity index (χ1n) is 8.19. The summed E-state index contributed by atoms with van der Waals surface area (Å²) in [4.78, 5) is 17.5. The molecule has 126 valence electrons. The van der Waals surface area contributed by atoms with E-state index >= 15 is 0 Å². The summed E-state index contributed by atoms with van der Waals surface area (Å²) in [7, 11) is 1.63. The fraction of sp³-hybridized carbons (Fsp3) is 0.200. The highest BCUT2D eigenvalue weighted by Crippen LogP contribution is 2.35. The largest absolute Gasteiger partial charge is 0.493 e. The van der Waals surface area contributed by atoms with Gasteiger partial charge in [-0.15, -0.1) is 0 Å². The molecule has 0 spiro atoms. The van der Waals surface area contributed by atoms with Crippen molar-refractivity contribution in [2.24, 2.45) is 0 Å². The molecule has 0 bridgehead atoms. The van der Waals surface area contributed by atoms with Crippen molar-refractivity contribution in [1.29, 1.82) is 0 Å². The molecule has 0 atom stereocenters. The minimum Gasteiger partial charge on any atom is -0.493 e. The monoisotopic (exact) mass is 334 g/mol. The van der Waals surface area contributed by atoms with Crippen LogP contribution in [0.5, 0.6) is 11.5 Å². The Bertz CT molecular complexity index is 920. The smallest absolute Gasteiger partial charge is 0.344 e. The van der Waals surface area contributed by atoms with Crippen LogP contribution in [-0.4, -0.2) is 23.2 Å². The van der Waals surface area contributed by atoms with Gasteiger partial charge in [-0.3, -0.25) is 0 Å². The van der Waals surface area contributed by atoms with Crippen molar-refractivity contribution >= 4 is 0 Å². The molecular weight excluding hydrogens is 316 g/mol. The van der Waals surface area contributed by atoms with E-state index in [-0.39, 0.29) is 11.8 Å². The van der Waals surface area contributed by atoms with Gasteiger partial charge in [0, 0.05) is 30.8 Å². The minimum absolute atomic E-state index is 0.0928. The summed E-state index contributed by atoms with van der Waals surface area (Å²) in [6, 6.07) is 14.1. The third kappa shape index (κ3) is 3.13. The molecule has 5 heteroatoms. The lowest BCUT2D eigenvalue weighted by Crippen LogP contribution is -2.16. The van der Waals surface area contributed by atoms with Crippen LogP contribution in [0.15, 0.2) is 59.7 Å². The van der Waals surface area contributed by atoms with E-state index in [4.69, 9.17) is 9.47 Å². The fourth-order valence-electron chi connectivity index (χ4n) is 3.23. The molecule has 0 fully saturated rings. The molecular formula is C20H18N2O3. The van der Waals surface area contributed by atoms with Gasteiger partial charge in [0.25, 0.3) is 0 Å². The third-order valence-corrected chi connectivity index (χ3v) is 4.48. The van der Waals surface area contributed by atoms with E-state index in [1.807, 2.05) is 18.2 Å². The molecule has 1 aromatic heterocycles. The van der Waals surface area contributed by atoms with Gasteiger partial charge in [-0.1, -0.05) is 30.3 Å². The first-order valence-corrected chi connectivity index (χ1v) is 8.19. The van der Waals surface area contributed by atoms with Gasteiger partial charge in [-0.05, 0) is 28.8 Å². The molecule has 0 saturated heterocycles. The Morgan fingerprint density at radius 2 is 1.80 bits per heavy atom. The maximum absolute atomic E-state index is 11.1. The normalized spacial score (nSPS) is 13.5. The number of rotatable bonds is 4. The van der Waals surface area contributed by atoms with E-state index in [0.717, 1.165) is 24.0 Å². The van der Waals surface area contributed by atoms with Crippen LogP contribution >= 0.6 is 0 Å². The van der Waals surface area contributed by atoms with Crippen LogP contribution < -0.4 is 15.2 Å². The second-order valence-electron chi connectivity index (χ2n) is 6.09. The van der Waals surface area contributed by atoms with Crippen LogP contribution in [-0.2, 0) is 12.8 Å². The first kappa shape index (κ1) is 15.4. The molecule has 5 nitrogen and oxygen atoms in total. The minimum atomic E-state index is -0.363. The van der Waals surface area contributed by atoms with Crippen LogP contribution in [0.25, 0.3) is 11.1 Å². The number of nitrogens with zero attached hydrogens (tertiary/aromatic N) is 1. The van der Waals surface area contributed by atoms with E-state index in [0.29, 0.717) is 11.5 Å². The van der Waals surface area contributed by atoms with E-state index in [9.17, 15) is 4.79 Å². The van der Waals surface area contributed by atoms with Gasteiger partial charge in [0.1, 0.15) is 6.10 Å². The molecule has 0 aliphatic heterocycles. The van der Waals surface area contributed by atoms with Gasteiger partial charge in [0.2, 0.25) is 0 Å². The highest BCUT2D eigenvalue weighted by Gasteiger charge is 2.23. The number of H-pyrrole nitrogens is 1. The maximum Gasteiger partial charge on any atom is 0.344 e. The van der Waals surface area contributed by atoms with Crippen molar-refractivity contribution in [2.45, 2.75) is 18.9 Å². The first-order chi connectivity index (χ1) is 12.2. The summed E-state index contributed by atoms with van der Waals surface area (Å²) in [5.41, 5.74) is 4.05. The number of ether oxygens (including phenoxy) is 2. The Labute approximate surface area is 145 Å². The molecule has 0 radical (unpaired) electrons. The lowest BCUT2D eigenvalue weighted by molar-refractivity contribution is 0.204. The summed E-state index contributed by atoms with van der Waals surface area (Å²) in [6.45, 7) is 0. The Morgan fingerprint density at radius 3 is 2.44 bits per heavy atom. The highest BCUT2D eigenvalue weighted by molar-refractivity contribution is 5.65. The second kappa shape index (κ2) is 6.43. The van der Waals surface area contributed by atoms with Crippen molar-refractivity contribution in [1.82, 2.24) is 9.97 Å². The summed E-state index contributed by atoms with van der Waals surface area (Å²) in [6.07, 6.45) is 5.07. The number of nitrogens with one attached hydrogen (secondary N) is 1. The number of aromatic nitrogens is 2. The fourth-order valence-corrected chi connectivity index (χ4v) is 3.23. The standard InChI is InChI=1S/C20H18N2O3/c1-24-18-7-6-15(16-11-21-20(23)22-12-16)10-19(18)25-17-8-13-4-2-3-5-14(13)9-17/h2-7,10-12,17H,8-9H2,1H3,(H,21,22,23). The van der Waals surface area contributed by atoms with Gasteiger partial charge in [-0.25, -0.2) is 9.78 Å². The molecule has 4 rings (SSSR count). The number of benzene rings is 2. The summed E-state index contributed by atoms with van der Waals surface area (Å²) >= 11 is 0. The van der Waals surface area contributed by atoms with Gasteiger partial charge in [0.05, 0.1) is 7.11 Å². The van der Waals surface area contributed by atoms with Crippen molar-refractivity contribution in [3.8, 4) is 22.6 Å². The Morgan fingerprint density at radius 1 is 1.04 bits per heavy atom. The van der Waals surface area contributed by atoms with Gasteiger partial charge in [-0.2, -0.15) is 0 Å². The molecule has 2 aromatic carbocycles. The Balaban J connectivity index is 1.61. The molecule has 0 unspecified atom stereocenters. The highest BCUT2D eigenvalue weighted by atomic mass is 16.5. The molecule has 1 heterocycles. The molecule has 0 saturated carbocycles. The Kier molecular flexibility index (Phi) is 3.98. The maximum atomic E-state index is 11.1. The third-order valence-electron chi connectivity index (χ3n) is 4.48. The van der Waals surface area contributed by atoms with Crippen LogP contribution in [0.2, 0.25) is 0 Å². The Hall–Kier alpha value is -3.08. The van der Waals surface area contributed by atoms with Crippen LogP contribution in [0.4, 0.5) is 0 Å².